The van der Waals surface area contributed by atoms with E-state index in [-0.39, 0.29) is 159 Å². The third-order valence-corrected chi connectivity index (χ3v) is 9.61. The fourth-order valence-electron chi connectivity index (χ4n) is 7.46. The number of carboxylic acids is 1. The van der Waals surface area contributed by atoms with Crippen LogP contribution in [0, 0.1) is 164 Å². The Bertz CT molecular complexity index is 622. The molecule has 0 saturated heterocycles. The van der Waals surface area contributed by atoms with Crippen LogP contribution in [0.3, 0.4) is 0 Å². The van der Waals surface area contributed by atoms with Crippen molar-refractivity contribution >= 4 is 22.2 Å². The molecule has 0 amide bonds. The van der Waals surface area contributed by atoms with Crippen molar-refractivity contribution in [1.29, 1.82) is 0 Å². The molecule has 0 aromatic carbocycles. The molecule has 0 aromatic rings. The van der Waals surface area contributed by atoms with E-state index in [0.717, 1.165) is 32.1 Å². The van der Waals surface area contributed by atoms with E-state index in [1.54, 1.807) is 0 Å². The summed E-state index contributed by atoms with van der Waals surface area (Å²) in [6.07, 6.45) is 7.90. The van der Waals surface area contributed by atoms with Crippen LogP contribution in [0.1, 0.15) is 85.5 Å². The fraction of sp³-hybridized carbons (Fsp3) is 0.913. The minimum atomic E-state index is -0.709. The summed E-state index contributed by atoms with van der Waals surface area (Å²) >= 11 is 0. The maximum Gasteiger partial charge on any atom is 0.303 e. The van der Waals surface area contributed by atoms with E-state index >= 15 is 0 Å². The molecule has 6 radical (unpaired) electrons. The zero-order valence-corrected chi connectivity index (χ0v) is 31.8. The number of hydrogen-bond acceptors (Lipinski definition) is 3. The predicted octanol–water partition coefficient (Wildman–Crippen LogP) is 4.79. The Balaban J connectivity index is 0.00000300. The topological polar surface area (TPSA) is 63.6 Å². The maximum atomic E-state index is 13.2. The molecule has 0 aliphatic heterocycles. The molecule has 0 aromatic heterocycles. The number of Topliss-reactive ketones (excluding diaryl/α,β-unsaturated/α-hetero) is 1. The molecule has 8 heteroatoms. The Hall–Kier alpha value is 3.41. The van der Waals surface area contributed by atoms with E-state index in [2.05, 4.69) is 38.2 Å². The smallest absolute Gasteiger partial charge is 0.303 e. The summed E-state index contributed by atoms with van der Waals surface area (Å²) in [5.41, 5.74) is -0.182. The average molecular weight is 828 g/mol. The van der Waals surface area contributed by atoms with Crippen LogP contribution in [0.25, 0.3) is 0 Å². The third kappa shape index (κ3) is 7.04. The maximum absolute atomic E-state index is 13.2. The number of hydrogen-bond donors (Lipinski definition) is 1. The Kier molecular flexibility index (Phi) is 16.0. The van der Waals surface area contributed by atoms with Gasteiger partial charge in [-0.3, -0.25) is 9.59 Å². The van der Waals surface area contributed by atoms with Gasteiger partial charge in [0.05, 0.1) is 6.10 Å². The van der Waals surface area contributed by atoms with Crippen molar-refractivity contribution in [2.45, 2.75) is 91.6 Å². The second-order valence-electron chi connectivity index (χ2n) is 10.4. The van der Waals surface area contributed by atoms with Crippen LogP contribution >= 0.6 is 0 Å². The number of carbonyl (C=O) groups excluding carboxylic acids is 1. The molecule has 4 nitrogen and oxygen atoms in total. The van der Waals surface area contributed by atoms with E-state index in [1.165, 1.54) is 12.8 Å². The van der Waals surface area contributed by atoms with Crippen LogP contribution in [0.4, 0.5) is 0 Å². The van der Waals surface area contributed by atoms with Crippen LogP contribution in [-0.4, -0.2) is 33.4 Å². The van der Waals surface area contributed by atoms with Gasteiger partial charge in [-0.2, -0.15) is 0 Å². The Morgan fingerprint density at radius 2 is 1.77 bits per heavy atom. The van der Waals surface area contributed by atoms with Gasteiger partial charge in [0, 0.05) is 142 Å². The van der Waals surface area contributed by atoms with Gasteiger partial charge < -0.3 is 9.53 Å². The van der Waals surface area contributed by atoms with E-state index in [9.17, 15) is 14.7 Å². The molecule has 1 N–H and O–H groups in total. The second kappa shape index (κ2) is 14.4. The van der Waals surface area contributed by atoms with Crippen LogP contribution in [0.2, 0.25) is 0 Å². The molecule has 31 heavy (non-hydrogen) atoms. The molecule has 8 atom stereocenters. The number of carbonyl (C=O) groups is 2. The summed E-state index contributed by atoms with van der Waals surface area (Å²) in [5, 5.41) is 9.73. The van der Waals surface area contributed by atoms with Crippen molar-refractivity contribution in [2.24, 2.45) is 40.4 Å². The quantitative estimate of drug-likeness (QED) is 0.392. The Labute approximate surface area is 292 Å². The number of fused-ring (bicyclic) bond motifs is 1. The summed E-state index contributed by atoms with van der Waals surface area (Å²) in [6.45, 7) is 9.17. The summed E-state index contributed by atoms with van der Waals surface area (Å²) in [7, 11) is 3.11. The van der Waals surface area contributed by atoms with Crippen molar-refractivity contribution in [1.82, 2.24) is 0 Å². The number of ketones is 1. The summed E-state index contributed by atoms with van der Waals surface area (Å²) in [4.78, 5) is 25.0. The van der Waals surface area contributed by atoms with Gasteiger partial charge in [0.2, 0.25) is 10.5 Å². The van der Waals surface area contributed by atoms with Gasteiger partial charge in [0.1, 0.15) is 5.78 Å². The second-order valence-corrected chi connectivity index (χ2v) is 10.6. The normalized spacial score (nSPS) is 40.5. The van der Waals surface area contributed by atoms with Gasteiger partial charge >= 0.3 is 5.97 Å². The molecule has 0 bridgehead atoms. The van der Waals surface area contributed by atoms with Gasteiger partial charge in [-0.15, -0.1) is 0 Å². The van der Waals surface area contributed by atoms with Crippen molar-refractivity contribution in [3.05, 3.63) is 0 Å². The first-order chi connectivity index (χ1) is 13.2. The number of carboxylic acid groups (broad SMARTS) is 1. The molecule has 3 saturated carbocycles. The Morgan fingerprint density at radius 1 is 1.13 bits per heavy atom. The zero-order chi connectivity index (χ0) is 20.7. The van der Waals surface area contributed by atoms with Crippen LogP contribution < -0.4 is 0 Å². The molecule has 3 rings (SSSR count). The van der Waals surface area contributed by atoms with Gasteiger partial charge in [0.25, 0.3) is 0 Å². The van der Waals surface area contributed by atoms with E-state index in [0.29, 0.717) is 24.2 Å². The first kappa shape index (κ1) is 34.4. The van der Waals surface area contributed by atoms with Gasteiger partial charge in [-0.1, -0.05) is 34.1 Å². The van der Waals surface area contributed by atoms with Crippen molar-refractivity contribution < 1.29 is 143 Å². The van der Waals surface area contributed by atoms with Crippen LogP contribution in [0.15, 0.2) is 0 Å². The molecular formula is C23H37O4Pr3Si. The van der Waals surface area contributed by atoms with E-state index in [4.69, 9.17) is 4.43 Å². The molecule has 3 fully saturated rings. The molecule has 0 heterocycles. The van der Waals surface area contributed by atoms with E-state index in [1.807, 2.05) is 0 Å². The van der Waals surface area contributed by atoms with Gasteiger partial charge in [-0.05, 0) is 73.5 Å². The predicted molar refractivity (Wildman–Crippen MR) is 110 cm³/mol. The molecular weight excluding hydrogens is 791 g/mol. The monoisotopic (exact) mass is 828 g/mol. The first-order valence-electron chi connectivity index (χ1n) is 11.2. The summed E-state index contributed by atoms with van der Waals surface area (Å²) in [5.74, 6) is 1.64. The Morgan fingerprint density at radius 3 is 2.29 bits per heavy atom. The summed E-state index contributed by atoms with van der Waals surface area (Å²) < 4.78 is 5.26. The standard InChI is InChI=1S/C23H37O4Si.3Pr/c1-5-14(2)17-6-7-18-16(13-21(25)26)19(9-11-22(17,18)3)23(4)10-8-15(27-28)12-20(23)24;;;/h14-19H,5-13H2,1-4H3,(H,25,26);;;/t14-,15-,16-,17+,18-,19-,22+,23+;;;/m0.../s1. The van der Waals surface area contributed by atoms with Crippen LogP contribution in [0.5, 0.6) is 0 Å². The van der Waals surface area contributed by atoms with Gasteiger partial charge in [-0.25, -0.2) is 0 Å². The average Bonchev–Trinajstić information content (AvgIpc) is 3.00. The third-order valence-electron chi connectivity index (χ3n) is 9.27. The number of aliphatic carboxylic acids is 1. The minimum absolute atomic E-state index is 0. The molecule has 166 valence electrons. The minimum Gasteiger partial charge on any atom is -0.481 e. The molecule has 3 aliphatic carbocycles. The van der Waals surface area contributed by atoms with Crippen molar-refractivity contribution in [3.63, 3.8) is 0 Å². The van der Waals surface area contributed by atoms with E-state index < -0.39 is 11.4 Å². The largest absolute Gasteiger partial charge is 0.481 e. The molecule has 0 unspecified atom stereocenters. The summed E-state index contributed by atoms with van der Waals surface area (Å²) in [6, 6.07) is 0. The van der Waals surface area contributed by atoms with Crippen molar-refractivity contribution in [2.75, 3.05) is 0 Å². The zero-order valence-electron chi connectivity index (χ0n) is 19.7. The molecule has 0 spiro atoms. The fourth-order valence-corrected chi connectivity index (χ4v) is 7.66. The first-order valence-corrected chi connectivity index (χ1v) is 11.7. The van der Waals surface area contributed by atoms with Crippen molar-refractivity contribution in [3.8, 4) is 0 Å². The van der Waals surface area contributed by atoms with Gasteiger partial charge in [0.15, 0.2) is 0 Å². The SMILES string of the molecule is CC[C@H](C)[C@H]1CC[C@H]2[C@H](CC(=O)O)[C@@H]([C@@]3(C)CC[C@H](O[Si])CC3=O)CC[C@]12C.[Pr].[Pr].[Pr]. The number of rotatable bonds is 6. The molecule has 3 aliphatic rings. The van der Waals surface area contributed by atoms with Crippen LogP contribution in [-0.2, 0) is 14.0 Å².